The van der Waals surface area contributed by atoms with E-state index in [2.05, 4.69) is 16.1 Å². The number of hydrogen-bond acceptors (Lipinski definition) is 4. The zero-order valence-corrected chi connectivity index (χ0v) is 22.0. The summed E-state index contributed by atoms with van der Waals surface area (Å²) in [5.41, 5.74) is 6.67. The summed E-state index contributed by atoms with van der Waals surface area (Å²) in [7, 11) is 1.47. The Labute approximate surface area is 223 Å². The Bertz CT molecular complexity index is 1540. The number of methoxy groups -OCH3 is 1. The average Bonchev–Trinajstić information content (AvgIpc) is 3.22. The molecule has 37 heavy (non-hydrogen) atoms. The van der Waals surface area contributed by atoms with Crippen molar-refractivity contribution in [3.63, 3.8) is 0 Å². The number of ether oxygens (including phenoxy) is 1. The maximum Gasteiger partial charge on any atom is 0.328 e. The zero-order valence-electron chi connectivity index (χ0n) is 20.5. The number of nitrogens with one attached hydrogen (secondary N) is 3. The molecule has 10 heteroatoms. The van der Waals surface area contributed by atoms with E-state index in [9.17, 15) is 14.4 Å². The van der Waals surface area contributed by atoms with Crippen LogP contribution in [0, 0.1) is 20.8 Å². The third kappa shape index (κ3) is 5.40. The van der Waals surface area contributed by atoms with Crippen LogP contribution >= 0.6 is 23.2 Å². The van der Waals surface area contributed by atoms with Gasteiger partial charge in [-0.1, -0.05) is 53.0 Å². The van der Waals surface area contributed by atoms with Gasteiger partial charge in [0.05, 0.1) is 17.2 Å². The Balaban J connectivity index is 1.68. The second-order valence-corrected chi connectivity index (χ2v) is 9.33. The van der Waals surface area contributed by atoms with Gasteiger partial charge >= 0.3 is 11.8 Å². The molecule has 0 saturated carbocycles. The molecule has 0 aliphatic heterocycles. The minimum Gasteiger partial charge on any atom is -0.494 e. The van der Waals surface area contributed by atoms with Crippen molar-refractivity contribution in [2.45, 2.75) is 20.8 Å². The minimum absolute atomic E-state index is 0.0643. The summed E-state index contributed by atoms with van der Waals surface area (Å²) in [5.74, 6) is -2.01. The second-order valence-electron chi connectivity index (χ2n) is 8.51. The number of carbonyl (C=O) groups excluding carboxylic acids is 3. The van der Waals surface area contributed by atoms with Crippen LogP contribution in [0.2, 0.25) is 10.0 Å². The fraction of sp³-hybridized carbons (Fsp3) is 0.148. The molecule has 8 nitrogen and oxygen atoms in total. The van der Waals surface area contributed by atoms with Gasteiger partial charge in [0.25, 0.3) is 5.91 Å². The molecule has 3 aromatic carbocycles. The quantitative estimate of drug-likeness (QED) is 0.277. The topological polar surface area (TPSA) is 101 Å². The number of carbonyl (C=O) groups is 3. The predicted molar refractivity (Wildman–Crippen MR) is 147 cm³/mol. The number of aryl methyl sites for hydroxylation is 3. The number of para-hydroxylation sites is 1. The highest BCUT2D eigenvalue weighted by Gasteiger charge is 2.23. The summed E-state index contributed by atoms with van der Waals surface area (Å²) >= 11 is 12.0. The van der Waals surface area contributed by atoms with Gasteiger partial charge in [-0.15, -0.1) is 0 Å². The van der Waals surface area contributed by atoms with Gasteiger partial charge in [-0.25, -0.2) is 4.68 Å². The van der Waals surface area contributed by atoms with Gasteiger partial charge in [0.15, 0.2) is 0 Å². The molecule has 0 fully saturated rings. The van der Waals surface area contributed by atoms with Crippen molar-refractivity contribution >= 4 is 63.2 Å². The average molecular weight is 539 g/mol. The molecule has 3 amide bonds. The third-order valence-electron chi connectivity index (χ3n) is 5.75. The summed E-state index contributed by atoms with van der Waals surface area (Å²) in [6, 6.07) is 15.3. The van der Waals surface area contributed by atoms with E-state index in [0.29, 0.717) is 33.0 Å². The van der Waals surface area contributed by atoms with Crippen LogP contribution in [0.1, 0.15) is 27.2 Å². The van der Waals surface area contributed by atoms with E-state index in [-0.39, 0.29) is 10.7 Å². The number of anilines is 2. The van der Waals surface area contributed by atoms with E-state index in [4.69, 9.17) is 27.9 Å². The van der Waals surface area contributed by atoms with Gasteiger partial charge in [0.1, 0.15) is 17.0 Å². The molecule has 0 aliphatic carbocycles. The van der Waals surface area contributed by atoms with Crippen LogP contribution in [0.25, 0.3) is 10.9 Å². The Morgan fingerprint density at radius 3 is 2.19 bits per heavy atom. The fourth-order valence-corrected chi connectivity index (χ4v) is 4.44. The molecular formula is C27H24Cl2N4O4. The monoisotopic (exact) mass is 538 g/mol. The van der Waals surface area contributed by atoms with E-state index in [0.717, 1.165) is 16.7 Å². The molecule has 0 unspecified atom stereocenters. The van der Waals surface area contributed by atoms with Crippen LogP contribution in [0.15, 0.2) is 54.6 Å². The standard InChI is InChI=1S/C27H24Cl2N4O4/c1-14-10-15(2)23(16(3)11-14)31-26(35)27(36)32-33-21(12-17-6-5-7-22(37-4)24(17)33)25(34)30-18-8-9-19(28)20(29)13-18/h5-13H,1-4H3,(H,30,34)(H,31,35)(H,32,36). The first-order valence-corrected chi connectivity index (χ1v) is 12.0. The molecule has 4 aromatic rings. The van der Waals surface area contributed by atoms with Gasteiger partial charge in [-0.2, -0.15) is 0 Å². The molecule has 4 rings (SSSR count). The Morgan fingerprint density at radius 1 is 0.838 bits per heavy atom. The van der Waals surface area contributed by atoms with E-state index in [1.54, 1.807) is 36.4 Å². The number of amides is 3. The lowest BCUT2D eigenvalue weighted by molar-refractivity contribution is -0.133. The Kier molecular flexibility index (Phi) is 7.42. The highest BCUT2D eigenvalue weighted by atomic mass is 35.5. The first kappa shape index (κ1) is 26.1. The molecule has 3 N–H and O–H groups in total. The van der Waals surface area contributed by atoms with Crippen LogP contribution in [0.3, 0.4) is 0 Å². The number of benzene rings is 3. The highest BCUT2D eigenvalue weighted by Crippen LogP contribution is 2.30. The normalized spacial score (nSPS) is 10.8. The number of halogens is 2. The summed E-state index contributed by atoms with van der Waals surface area (Å²) in [5, 5.41) is 6.63. The molecule has 0 aliphatic rings. The SMILES string of the molecule is COc1cccc2cc(C(=O)Nc3ccc(Cl)c(Cl)c3)n(NC(=O)C(=O)Nc3c(C)cc(C)cc3C)c12. The van der Waals surface area contributed by atoms with Crippen molar-refractivity contribution in [2.75, 3.05) is 23.2 Å². The van der Waals surface area contributed by atoms with Crippen LogP contribution in [-0.4, -0.2) is 29.5 Å². The van der Waals surface area contributed by atoms with Crippen molar-refractivity contribution in [1.29, 1.82) is 0 Å². The van der Waals surface area contributed by atoms with Crippen LogP contribution in [0.5, 0.6) is 5.75 Å². The summed E-state index contributed by atoms with van der Waals surface area (Å²) in [6.07, 6.45) is 0. The first-order valence-electron chi connectivity index (χ1n) is 11.2. The molecule has 0 atom stereocenters. The maximum atomic E-state index is 13.3. The van der Waals surface area contributed by atoms with Crippen molar-refractivity contribution in [1.82, 2.24) is 4.68 Å². The van der Waals surface area contributed by atoms with Crippen molar-refractivity contribution in [3.8, 4) is 5.75 Å². The van der Waals surface area contributed by atoms with Gasteiger partial charge in [0, 0.05) is 16.8 Å². The molecule has 0 bridgehead atoms. The van der Waals surface area contributed by atoms with Gasteiger partial charge < -0.3 is 15.4 Å². The van der Waals surface area contributed by atoms with Crippen LogP contribution in [0.4, 0.5) is 11.4 Å². The Hall–Kier alpha value is -4.01. The molecule has 0 spiro atoms. The predicted octanol–water partition coefficient (Wildman–Crippen LogP) is 5.84. The molecule has 0 saturated heterocycles. The highest BCUT2D eigenvalue weighted by molar-refractivity contribution is 6.43. The summed E-state index contributed by atoms with van der Waals surface area (Å²) in [4.78, 5) is 39.1. The van der Waals surface area contributed by atoms with Crippen molar-refractivity contribution in [2.24, 2.45) is 0 Å². The fourth-order valence-electron chi connectivity index (χ4n) is 4.14. The molecule has 1 heterocycles. The van der Waals surface area contributed by atoms with Crippen LogP contribution < -0.4 is 20.8 Å². The van der Waals surface area contributed by atoms with Gasteiger partial charge in [-0.05, 0) is 62.2 Å². The van der Waals surface area contributed by atoms with E-state index in [1.165, 1.54) is 17.9 Å². The molecule has 190 valence electrons. The minimum atomic E-state index is -0.966. The Morgan fingerprint density at radius 2 is 1.54 bits per heavy atom. The zero-order chi connectivity index (χ0) is 26.9. The number of aromatic nitrogens is 1. The smallest absolute Gasteiger partial charge is 0.328 e. The lowest BCUT2D eigenvalue weighted by Gasteiger charge is -2.15. The lowest BCUT2D eigenvalue weighted by atomic mass is 10.1. The molecular weight excluding hydrogens is 515 g/mol. The number of nitrogens with zero attached hydrogens (tertiary/aromatic N) is 1. The maximum absolute atomic E-state index is 13.3. The second kappa shape index (κ2) is 10.5. The number of rotatable bonds is 5. The molecule has 1 aromatic heterocycles. The van der Waals surface area contributed by atoms with E-state index >= 15 is 0 Å². The van der Waals surface area contributed by atoms with Crippen LogP contribution in [-0.2, 0) is 9.59 Å². The van der Waals surface area contributed by atoms with Crippen molar-refractivity contribution in [3.05, 3.63) is 87.0 Å². The third-order valence-corrected chi connectivity index (χ3v) is 6.49. The number of hydrogen-bond donors (Lipinski definition) is 3. The van der Waals surface area contributed by atoms with Gasteiger partial charge in [-0.3, -0.25) is 19.8 Å². The van der Waals surface area contributed by atoms with Crippen molar-refractivity contribution < 1.29 is 19.1 Å². The largest absolute Gasteiger partial charge is 0.494 e. The van der Waals surface area contributed by atoms with Gasteiger partial charge in [0.2, 0.25) is 0 Å². The lowest BCUT2D eigenvalue weighted by Crippen LogP contribution is -2.36. The van der Waals surface area contributed by atoms with E-state index < -0.39 is 17.7 Å². The summed E-state index contributed by atoms with van der Waals surface area (Å²) in [6.45, 7) is 5.65. The first-order chi connectivity index (χ1) is 17.6. The van der Waals surface area contributed by atoms with E-state index in [1.807, 2.05) is 32.9 Å². The molecule has 0 radical (unpaired) electrons. The summed E-state index contributed by atoms with van der Waals surface area (Å²) < 4.78 is 6.69. The number of fused-ring (bicyclic) bond motifs is 1.